The second kappa shape index (κ2) is 5.69. The molecule has 0 saturated carbocycles. The van der Waals surface area contributed by atoms with E-state index >= 15 is 0 Å². The molecule has 2 heterocycles. The highest BCUT2D eigenvalue weighted by Gasteiger charge is 2.31. The van der Waals surface area contributed by atoms with Gasteiger partial charge in [-0.25, -0.2) is 4.98 Å². The highest BCUT2D eigenvalue weighted by molar-refractivity contribution is 5.65. The largest absolute Gasteiger partial charge is 0.416 e. The second-order valence-electron chi connectivity index (χ2n) is 5.44. The number of hydrogen-bond acceptors (Lipinski definition) is 5. The SMILES string of the molecule is CNC1CN(c2cc(-c3cccc(C(F)(F)F)c3)nc(N)n2)C1. The minimum absolute atomic E-state index is 0.0443. The van der Waals surface area contributed by atoms with Crippen molar-refractivity contribution in [2.45, 2.75) is 12.2 Å². The van der Waals surface area contributed by atoms with Gasteiger partial charge in [-0.2, -0.15) is 18.2 Å². The van der Waals surface area contributed by atoms with E-state index in [1.54, 1.807) is 12.1 Å². The van der Waals surface area contributed by atoms with Crippen LogP contribution < -0.4 is 16.0 Å². The Morgan fingerprint density at radius 2 is 1.96 bits per heavy atom. The third-order valence-electron chi connectivity index (χ3n) is 3.83. The molecule has 3 N–H and O–H groups in total. The first-order valence-electron chi connectivity index (χ1n) is 7.11. The third kappa shape index (κ3) is 3.21. The number of nitrogens with two attached hydrogens (primary N) is 1. The molecular weight excluding hydrogens is 307 g/mol. The van der Waals surface area contributed by atoms with Crippen LogP contribution in [0.3, 0.4) is 0 Å². The highest BCUT2D eigenvalue weighted by atomic mass is 19.4. The fourth-order valence-corrected chi connectivity index (χ4v) is 2.47. The third-order valence-corrected chi connectivity index (χ3v) is 3.83. The van der Waals surface area contributed by atoms with Crippen LogP contribution in [0.2, 0.25) is 0 Å². The van der Waals surface area contributed by atoms with Gasteiger partial charge >= 0.3 is 6.18 Å². The topological polar surface area (TPSA) is 67.1 Å². The summed E-state index contributed by atoms with van der Waals surface area (Å²) in [6.45, 7) is 1.55. The number of halogens is 3. The molecule has 2 aromatic rings. The van der Waals surface area contributed by atoms with E-state index in [-0.39, 0.29) is 5.95 Å². The fraction of sp³-hybridized carbons (Fsp3) is 0.333. The first kappa shape index (κ1) is 15.5. The van der Waals surface area contributed by atoms with Crippen molar-refractivity contribution in [3.8, 4) is 11.3 Å². The van der Waals surface area contributed by atoms with Crippen molar-refractivity contribution in [2.24, 2.45) is 0 Å². The minimum Gasteiger partial charge on any atom is -0.368 e. The average Bonchev–Trinajstić information content (AvgIpc) is 2.45. The van der Waals surface area contributed by atoms with Gasteiger partial charge in [0, 0.05) is 30.8 Å². The van der Waals surface area contributed by atoms with Crippen LogP contribution in [0, 0.1) is 0 Å². The number of aromatic nitrogens is 2. The molecule has 1 aromatic heterocycles. The Kier molecular flexibility index (Phi) is 3.85. The molecule has 3 rings (SSSR count). The number of anilines is 2. The van der Waals surface area contributed by atoms with Gasteiger partial charge in [0.1, 0.15) is 5.82 Å². The van der Waals surface area contributed by atoms with Crippen molar-refractivity contribution in [3.05, 3.63) is 35.9 Å². The molecule has 0 aliphatic carbocycles. The molecule has 0 bridgehead atoms. The van der Waals surface area contributed by atoms with E-state index in [1.807, 2.05) is 11.9 Å². The molecule has 23 heavy (non-hydrogen) atoms. The molecule has 1 aliphatic heterocycles. The summed E-state index contributed by atoms with van der Waals surface area (Å²) in [4.78, 5) is 10.2. The number of alkyl halides is 3. The monoisotopic (exact) mass is 323 g/mol. The molecule has 0 unspecified atom stereocenters. The van der Waals surface area contributed by atoms with Crippen LogP contribution in [-0.4, -0.2) is 36.1 Å². The maximum Gasteiger partial charge on any atom is 0.416 e. The van der Waals surface area contributed by atoms with Crippen molar-refractivity contribution in [2.75, 3.05) is 30.8 Å². The van der Waals surface area contributed by atoms with E-state index in [1.165, 1.54) is 6.07 Å². The molecule has 0 spiro atoms. The number of nitrogen functional groups attached to an aromatic ring is 1. The van der Waals surface area contributed by atoms with E-state index in [4.69, 9.17) is 5.73 Å². The van der Waals surface area contributed by atoms with Crippen LogP contribution in [-0.2, 0) is 6.18 Å². The zero-order valence-electron chi connectivity index (χ0n) is 12.4. The van der Waals surface area contributed by atoms with Crippen molar-refractivity contribution in [1.82, 2.24) is 15.3 Å². The summed E-state index contributed by atoms with van der Waals surface area (Å²) >= 11 is 0. The fourth-order valence-electron chi connectivity index (χ4n) is 2.47. The normalized spacial score (nSPS) is 15.6. The van der Waals surface area contributed by atoms with Gasteiger partial charge in [-0.1, -0.05) is 12.1 Å². The molecule has 0 amide bonds. The maximum atomic E-state index is 12.8. The zero-order chi connectivity index (χ0) is 16.6. The lowest BCUT2D eigenvalue weighted by Gasteiger charge is -2.40. The molecule has 1 fully saturated rings. The number of nitrogens with zero attached hydrogens (tertiary/aromatic N) is 3. The van der Waals surface area contributed by atoms with E-state index in [9.17, 15) is 13.2 Å². The first-order chi connectivity index (χ1) is 10.9. The lowest BCUT2D eigenvalue weighted by Crippen LogP contribution is -2.57. The van der Waals surface area contributed by atoms with Crippen LogP contribution in [0.5, 0.6) is 0 Å². The summed E-state index contributed by atoms with van der Waals surface area (Å²) in [6, 6.07) is 7.07. The van der Waals surface area contributed by atoms with E-state index in [2.05, 4.69) is 15.3 Å². The second-order valence-corrected chi connectivity index (χ2v) is 5.44. The number of rotatable bonds is 3. The maximum absolute atomic E-state index is 12.8. The smallest absolute Gasteiger partial charge is 0.368 e. The van der Waals surface area contributed by atoms with Gasteiger partial charge in [0.05, 0.1) is 11.3 Å². The molecule has 0 atom stereocenters. The minimum atomic E-state index is -4.39. The molecular formula is C15H16F3N5. The molecule has 1 aromatic carbocycles. The summed E-state index contributed by atoms with van der Waals surface area (Å²) in [5, 5.41) is 3.14. The van der Waals surface area contributed by atoms with Gasteiger partial charge in [0.2, 0.25) is 5.95 Å². The number of benzene rings is 1. The molecule has 8 heteroatoms. The number of nitrogens with one attached hydrogen (secondary N) is 1. The van der Waals surface area contributed by atoms with Crippen LogP contribution in [0.1, 0.15) is 5.56 Å². The number of likely N-dealkylation sites (N-methyl/N-ethyl adjacent to an activating group) is 1. The van der Waals surface area contributed by atoms with Gasteiger partial charge < -0.3 is 16.0 Å². The summed E-state index contributed by atoms with van der Waals surface area (Å²) in [7, 11) is 1.88. The first-order valence-corrected chi connectivity index (χ1v) is 7.11. The Morgan fingerprint density at radius 3 is 2.61 bits per heavy atom. The van der Waals surface area contributed by atoms with Gasteiger partial charge in [0.15, 0.2) is 0 Å². The summed E-state index contributed by atoms with van der Waals surface area (Å²) in [5.74, 6) is 0.666. The molecule has 1 saturated heterocycles. The lowest BCUT2D eigenvalue weighted by atomic mass is 10.1. The van der Waals surface area contributed by atoms with Gasteiger partial charge in [0.25, 0.3) is 0 Å². The lowest BCUT2D eigenvalue weighted by molar-refractivity contribution is -0.137. The van der Waals surface area contributed by atoms with Gasteiger partial charge in [-0.05, 0) is 19.2 Å². The Hall–Kier alpha value is -2.35. The van der Waals surface area contributed by atoms with Crippen LogP contribution in [0.25, 0.3) is 11.3 Å². The van der Waals surface area contributed by atoms with Crippen molar-refractivity contribution in [1.29, 1.82) is 0 Å². The summed E-state index contributed by atoms with van der Waals surface area (Å²) < 4.78 is 38.5. The Morgan fingerprint density at radius 1 is 1.22 bits per heavy atom. The number of hydrogen-bond donors (Lipinski definition) is 2. The quantitative estimate of drug-likeness (QED) is 0.906. The van der Waals surface area contributed by atoms with E-state index in [0.29, 0.717) is 23.1 Å². The molecule has 0 radical (unpaired) electrons. The summed E-state index contributed by atoms with van der Waals surface area (Å²) in [6.07, 6.45) is -4.39. The van der Waals surface area contributed by atoms with Gasteiger partial charge in [-0.3, -0.25) is 0 Å². The standard InChI is InChI=1S/C15H16F3N5/c1-20-11-7-23(8-11)13-6-12(21-14(19)22-13)9-3-2-4-10(5-9)15(16,17)18/h2-6,11,20H,7-8H2,1H3,(H2,19,21,22). The highest BCUT2D eigenvalue weighted by Crippen LogP contribution is 2.32. The van der Waals surface area contributed by atoms with Crippen molar-refractivity contribution >= 4 is 11.8 Å². The molecule has 1 aliphatic rings. The van der Waals surface area contributed by atoms with Crippen LogP contribution >= 0.6 is 0 Å². The molecule has 122 valence electrons. The predicted octanol–water partition coefficient (Wildman–Crippen LogP) is 2.15. The van der Waals surface area contributed by atoms with Gasteiger partial charge in [-0.15, -0.1) is 0 Å². The van der Waals surface area contributed by atoms with Crippen molar-refractivity contribution < 1.29 is 13.2 Å². The molecule has 5 nitrogen and oxygen atoms in total. The van der Waals surface area contributed by atoms with E-state index < -0.39 is 11.7 Å². The zero-order valence-corrected chi connectivity index (χ0v) is 12.4. The predicted molar refractivity (Wildman–Crippen MR) is 81.9 cm³/mol. The van der Waals surface area contributed by atoms with Crippen LogP contribution in [0.4, 0.5) is 24.9 Å². The Bertz CT molecular complexity index is 710. The van der Waals surface area contributed by atoms with E-state index in [0.717, 1.165) is 25.2 Å². The summed E-state index contributed by atoms with van der Waals surface area (Å²) in [5.41, 5.74) is 5.75. The Balaban J connectivity index is 1.93. The Labute approximate surface area is 131 Å². The average molecular weight is 323 g/mol. The van der Waals surface area contributed by atoms with Crippen LogP contribution in [0.15, 0.2) is 30.3 Å². The van der Waals surface area contributed by atoms with Crippen molar-refractivity contribution in [3.63, 3.8) is 0 Å².